The molecule has 140 valence electrons. The van der Waals surface area contributed by atoms with Crippen LogP contribution in [-0.2, 0) is 25.0 Å². The predicted molar refractivity (Wildman–Crippen MR) is 99.6 cm³/mol. The minimum absolute atomic E-state index is 0.184. The van der Waals surface area contributed by atoms with Gasteiger partial charge in [0.05, 0.1) is 17.4 Å². The second-order valence-electron chi connectivity index (χ2n) is 8.05. The molecule has 2 aliphatic heterocycles. The summed E-state index contributed by atoms with van der Waals surface area (Å²) in [4.78, 5) is 12.5. The van der Waals surface area contributed by atoms with Gasteiger partial charge in [-0.2, -0.15) is 4.31 Å². The standard InChI is InChI=1S/C21H21NO4S/c1-15-7-9-17(10-8-15)27(24,25)22-12-20(16-5-3-2-4-6-16)11-18-19(23)26-14-21(18,20)13-22/h2-10,18H,11-14H2,1H3. The van der Waals surface area contributed by atoms with Crippen LogP contribution in [0, 0.1) is 18.3 Å². The summed E-state index contributed by atoms with van der Waals surface area (Å²) in [5, 5.41) is 0. The van der Waals surface area contributed by atoms with E-state index in [4.69, 9.17) is 4.74 Å². The molecule has 3 unspecified atom stereocenters. The van der Waals surface area contributed by atoms with E-state index in [0.717, 1.165) is 11.1 Å². The molecular weight excluding hydrogens is 362 g/mol. The molecule has 2 heterocycles. The highest BCUT2D eigenvalue weighted by atomic mass is 32.2. The monoisotopic (exact) mass is 383 g/mol. The van der Waals surface area contributed by atoms with E-state index >= 15 is 0 Å². The van der Waals surface area contributed by atoms with Crippen LogP contribution in [0.2, 0.25) is 0 Å². The topological polar surface area (TPSA) is 63.7 Å². The molecule has 2 aromatic rings. The van der Waals surface area contributed by atoms with Crippen molar-refractivity contribution in [3.8, 4) is 0 Å². The zero-order valence-corrected chi connectivity index (χ0v) is 15.9. The van der Waals surface area contributed by atoms with Crippen molar-refractivity contribution in [2.24, 2.45) is 11.3 Å². The minimum Gasteiger partial charge on any atom is -0.465 e. The maximum absolute atomic E-state index is 13.3. The fraction of sp³-hybridized carbons (Fsp3) is 0.381. The van der Waals surface area contributed by atoms with Crippen molar-refractivity contribution in [2.45, 2.75) is 23.7 Å². The first-order valence-corrected chi connectivity index (χ1v) is 10.6. The van der Waals surface area contributed by atoms with Gasteiger partial charge in [-0.25, -0.2) is 8.42 Å². The minimum atomic E-state index is -3.62. The van der Waals surface area contributed by atoms with Crippen LogP contribution in [0.4, 0.5) is 0 Å². The highest BCUT2D eigenvalue weighted by Crippen LogP contribution is 2.68. The number of hydrogen-bond donors (Lipinski definition) is 0. The number of carbonyl (C=O) groups is 1. The number of hydrogen-bond acceptors (Lipinski definition) is 4. The van der Waals surface area contributed by atoms with Crippen molar-refractivity contribution >= 4 is 16.0 Å². The van der Waals surface area contributed by atoms with Crippen LogP contribution in [0.5, 0.6) is 0 Å². The summed E-state index contributed by atoms with van der Waals surface area (Å²) in [7, 11) is -3.62. The molecule has 0 aromatic heterocycles. The van der Waals surface area contributed by atoms with E-state index < -0.39 is 15.4 Å². The number of sulfonamides is 1. The largest absolute Gasteiger partial charge is 0.465 e. The van der Waals surface area contributed by atoms with Gasteiger partial charge in [-0.15, -0.1) is 0 Å². The summed E-state index contributed by atoms with van der Waals surface area (Å²) in [6, 6.07) is 16.9. The van der Waals surface area contributed by atoms with Gasteiger partial charge in [0.1, 0.15) is 0 Å². The normalized spacial score (nSPS) is 32.5. The lowest BCUT2D eigenvalue weighted by Crippen LogP contribution is -2.61. The van der Waals surface area contributed by atoms with Gasteiger partial charge in [0.25, 0.3) is 0 Å². The van der Waals surface area contributed by atoms with E-state index in [1.807, 2.05) is 49.4 Å². The average molecular weight is 383 g/mol. The second-order valence-corrected chi connectivity index (χ2v) is 9.99. The Balaban J connectivity index is 1.59. The van der Waals surface area contributed by atoms with Crippen molar-refractivity contribution in [1.29, 1.82) is 0 Å². The fourth-order valence-electron chi connectivity index (χ4n) is 5.28. The van der Waals surface area contributed by atoms with E-state index in [1.165, 1.54) is 0 Å². The molecule has 0 bridgehead atoms. The van der Waals surface area contributed by atoms with Gasteiger partial charge in [0.2, 0.25) is 10.0 Å². The third-order valence-electron chi connectivity index (χ3n) is 6.82. The van der Waals surface area contributed by atoms with Gasteiger partial charge in [-0.05, 0) is 31.0 Å². The Labute approximate surface area is 159 Å². The Kier molecular flexibility index (Phi) is 3.41. The Morgan fingerprint density at radius 1 is 1.04 bits per heavy atom. The number of rotatable bonds is 3. The summed E-state index contributed by atoms with van der Waals surface area (Å²) in [6.07, 6.45) is 0.649. The molecule has 1 saturated carbocycles. The molecule has 1 spiro atoms. The third kappa shape index (κ3) is 2.08. The summed E-state index contributed by atoms with van der Waals surface area (Å²) in [5.74, 6) is -0.396. The molecule has 3 fully saturated rings. The lowest BCUT2D eigenvalue weighted by Gasteiger charge is -2.54. The first kappa shape index (κ1) is 17.0. The molecule has 2 aromatic carbocycles. The van der Waals surface area contributed by atoms with Crippen molar-refractivity contribution in [3.63, 3.8) is 0 Å². The molecule has 3 atom stereocenters. The molecule has 0 N–H and O–H groups in total. The van der Waals surface area contributed by atoms with Crippen LogP contribution in [0.15, 0.2) is 59.5 Å². The maximum atomic E-state index is 13.3. The molecule has 5 nitrogen and oxygen atoms in total. The maximum Gasteiger partial charge on any atom is 0.309 e. The second kappa shape index (κ2) is 5.42. The molecule has 2 saturated heterocycles. The Hall–Kier alpha value is -2.18. The first-order chi connectivity index (χ1) is 12.9. The van der Waals surface area contributed by atoms with Gasteiger partial charge in [-0.1, -0.05) is 48.0 Å². The number of cyclic esters (lactones) is 1. The van der Waals surface area contributed by atoms with Crippen LogP contribution < -0.4 is 0 Å². The number of carbonyl (C=O) groups excluding carboxylic acids is 1. The van der Waals surface area contributed by atoms with E-state index in [0.29, 0.717) is 31.0 Å². The average Bonchev–Trinajstić information content (AvgIpc) is 3.07. The van der Waals surface area contributed by atoms with Crippen LogP contribution in [-0.4, -0.2) is 38.4 Å². The predicted octanol–water partition coefficient (Wildman–Crippen LogP) is 2.50. The third-order valence-corrected chi connectivity index (χ3v) is 8.63. The molecular formula is C21H21NO4S. The van der Waals surface area contributed by atoms with Gasteiger partial charge in [0.15, 0.2) is 0 Å². The van der Waals surface area contributed by atoms with Crippen LogP contribution in [0.1, 0.15) is 17.5 Å². The van der Waals surface area contributed by atoms with Crippen LogP contribution >= 0.6 is 0 Å². The molecule has 27 heavy (non-hydrogen) atoms. The summed E-state index contributed by atoms with van der Waals surface area (Å²) in [5.41, 5.74) is 1.30. The van der Waals surface area contributed by atoms with Gasteiger partial charge in [0, 0.05) is 23.9 Å². The SMILES string of the molecule is Cc1ccc(S(=O)(=O)N2CC3(c4ccccc4)CC4C(=O)OCC43C2)cc1. The van der Waals surface area contributed by atoms with Gasteiger partial charge < -0.3 is 4.74 Å². The number of esters is 1. The van der Waals surface area contributed by atoms with Gasteiger partial charge in [-0.3, -0.25) is 4.79 Å². The zero-order chi connectivity index (χ0) is 18.9. The summed E-state index contributed by atoms with van der Waals surface area (Å²) < 4.78 is 33.6. The molecule has 6 heteroatoms. The zero-order valence-electron chi connectivity index (χ0n) is 15.1. The lowest BCUT2D eigenvalue weighted by molar-refractivity contribution is -0.144. The van der Waals surface area contributed by atoms with Crippen molar-refractivity contribution < 1.29 is 17.9 Å². The van der Waals surface area contributed by atoms with Crippen LogP contribution in [0.25, 0.3) is 0 Å². The Bertz CT molecular complexity index is 1020. The molecule has 1 aliphatic carbocycles. The lowest BCUT2D eigenvalue weighted by atomic mass is 9.44. The van der Waals surface area contributed by atoms with E-state index in [9.17, 15) is 13.2 Å². The molecule has 3 aliphatic rings. The Morgan fingerprint density at radius 2 is 1.74 bits per heavy atom. The van der Waals surface area contributed by atoms with Gasteiger partial charge >= 0.3 is 5.97 Å². The van der Waals surface area contributed by atoms with Crippen molar-refractivity contribution in [3.05, 3.63) is 65.7 Å². The van der Waals surface area contributed by atoms with Crippen molar-refractivity contribution in [1.82, 2.24) is 4.31 Å². The number of nitrogens with zero attached hydrogens (tertiary/aromatic N) is 1. The van der Waals surface area contributed by atoms with E-state index in [2.05, 4.69) is 0 Å². The number of ether oxygens (including phenoxy) is 1. The summed E-state index contributed by atoms with van der Waals surface area (Å²) in [6.45, 7) is 2.95. The quantitative estimate of drug-likeness (QED) is 0.764. The number of benzene rings is 2. The number of aryl methyl sites for hydroxylation is 1. The van der Waals surface area contributed by atoms with Crippen LogP contribution in [0.3, 0.4) is 0 Å². The Morgan fingerprint density at radius 3 is 2.41 bits per heavy atom. The first-order valence-electron chi connectivity index (χ1n) is 9.18. The fourth-order valence-corrected chi connectivity index (χ4v) is 6.85. The van der Waals surface area contributed by atoms with E-state index in [-0.39, 0.29) is 17.3 Å². The summed E-state index contributed by atoms with van der Waals surface area (Å²) >= 11 is 0. The molecule has 0 amide bonds. The highest BCUT2D eigenvalue weighted by Gasteiger charge is 2.76. The highest BCUT2D eigenvalue weighted by molar-refractivity contribution is 7.89. The molecule has 0 radical (unpaired) electrons. The van der Waals surface area contributed by atoms with Crippen molar-refractivity contribution in [2.75, 3.05) is 19.7 Å². The van der Waals surface area contributed by atoms with E-state index in [1.54, 1.807) is 16.4 Å². The smallest absolute Gasteiger partial charge is 0.309 e. The molecule has 5 rings (SSSR count).